The minimum absolute atomic E-state index is 0.0995. The van der Waals surface area contributed by atoms with Crippen molar-refractivity contribution in [3.8, 4) is 0 Å². The Morgan fingerprint density at radius 2 is 1.92 bits per heavy atom. The summed E-state index contributed by atoms with van der Waals surface area (Å²) < 4.78 is 1.31. The van der Waals surface area contributed by atoms with Crippen LogP contribution in [-0.4, -0.2) is 25.7 Å². The van der Waals surface area contributed by atoms with E-state index in [2.05, 4.69) is 21.3 Å². The number of hydrogen-bond acceptors (Lipinski definition) is 5. The number of hydrogen-bond donors (Lipinski definition) is 3. The second-order valence-electron chi connectivity index (χ2n) is 5.47. The summed E-state index contributed by atoms with van der Waals surface area (Å²) in [4.78, 5) is 22.8. The van der Waals surface area contributed by atoms with E-state index in [9.17, 15) is 14.9 Å². The molecule has 9 nitrogen and oxygen atoms in total. The number of benzene rings is 1. The zero-order valence-corrected chi connectivity index (χ0v) is 15.8. The highest BCUT2D eigenvalue weighted by Crippen LogP contribution is 2.24. The van der Waals surface area contributed by atoms with E-state index in [1.165, 1.54) is 11.6 Å². The molecule has 0 unspecified atom stereocenters. The number of nitrogens with zero attached hydrogens (tertiary/aromatic N) is 3. The highest BCUT2D eigenvalue weighted by molar-refractivity contribution is 7.80. The number of carbonyl (C=O) groups excluding carboxylic acids is 1. The van der Waals surface area contributed by atoms with Crippen LogP contribution in [0.5, 0.6) is 0 Å². The molecule has 1 aromatic carbocycles. The van der Waals surface area contributed by atoms with Gasteiger partial charge in [-0.25, -0.2) is 0 Å². The van der Waals surface area contributed by atoms with E-state index in [1.807, 2.05) is 0 Å². The molecule has 0 aliphatic rings. The number of anilines is 1. The molecule has 0 fully saturated rings. The maximum absolute atomic E-state index is 12.3. The van der Waals surface area contributed by atoms with Crippen LogP contribution < -0.4 is 16.2 Å². The number of halogens is 1. The Morgan fingerprint density at radius 1 is 1.31 bits per heavy atom. The summed E-state index contributed by atoms with van der Waals surface area (Å²) in [5, 5.41) is 18.8. The lowest BCUT2D eigenvalue weighted by molar-refractivity contribution is -0.386. The van der Waals surface area contributed by atoms with Crippen LogP contribution in [0.2, 0.25) is 5.02 Å². The van der Waals surface area contributed by atoms with Crippen LogP contribution in [0.3, 0.4) is 0 Å². The predicted molar refractivity (Wildman–Crippen MR) is 102 cm³/mol. The Balaban J connectivity index is 1.97. The van der Waals surface area contributed by atoms with Crippen molar-refractivity contribution in [2.75, 3.05) is 5.32 Å². The number of aromatic nitrogens is 2. The maximum atomic E-state index is 12.3. The largest absolute Gasteiger partial charge is 0.331 e. The number of thiocarbonyl (C=S) groups is 1. The number of hydrazine groups is 1. The summed E-state index contributed by atoms with van der Waals surface area (Å²) in [5.74, 6) is -0.453. The molecule has 1 aromatic heterocycles. The van der Waals surface area contributed by atoms with Gasteiger partial charge >= 0.3 is 5.69 Å². The van der Waals surface area contributed by atoms with Crippen LogP contribution in [0.4, 0.5) is 11.4 Å². The molecule has 3 N–H and O–H groups in total. The van der Waals surface area contributed by atoms with Gasteiger partial charge in [-0.05, 0) is 57.3 Å². The molecule has 0 saturated carbocycles. The van der Waals surface area contributed by atoms with E-state index >= 15 is 0 Å². The molecule has 2 rings (SSSR count). The second-order valence-corrected chi connectivity index (χ2v) is 6.32. The zero-order valence-electron chi connectivity index (χ0n) is 14.2. The molecule has 138 valence electrons. The van der Waals surface area contributed by atoms with Gasteiger partial charge in [-0.2, -0.15) is 5.10 Å². The third-order valence-electron chi connectivity index (χ3n) is 3.62. The molecule has 1 heterocycles. The third kappa shape index (κ3) is 4.46. The van der Waals surface area contributed by atoms with E-state index in [1.54, 1.807) is 38.1 Å². The van der Waals surface area contributed by atoms with Crippen LogP contribution in [-0.2, 0) is 4.79 Å². The van der Waals surface area contributed by atoms with E-state index in [4.69, 9.17) is 23.8 Å². The van der Waals surface area contributed by atoms with Crippen molar-refractivity contribution in [1.82, 2.24) is 20.6 Å². The average molecular weight is 397 g/mol. The quantitative estimate of drug-likeness (QED) is 0.413. The minimum atomic E-state index is -0.770. The van der Waals surface area contributed by atoms with Crippen molar-refractivity contribution in [3.63, 3.8) is 0 Å². The van der Waals surface area contributed by atoms with E-state index < -0.39 is 16.9 Å². The summed E-state index contributed by atoms with van der Waals surface area (Å²) >= 11 is 10.9. The number of aryl methyl sites for hydroxylation is 1. The smallest absolute Gasteiger partial charge is 0.312 e. The van der Waals surface area contributed by atoms with Gasteiger partial charge in [-0.15, -0.1) is 0 Å². The Hall–Kier alpha value is -2.72. The maximum Gasteiger partial charge on any atom is 0.312 e. The number of amides is 1. The molecule has 0 spiro atoms. The van der Waals surface area contributed by atoms with Gasteiger partial charge in [0.1, 0.15) is 17.4 Å². The SMILES string of the molecule is Cc1nn([C@@H](C)C(=O)NNC(=S)Nc2ccc(Cl)cc2)c(C)c1[N+](=O)[O-]. The molecular weight excluding hydrogens is 380 g/mol. The first kappa shape index (κ1) is 19.6. The number of nitro groups is 1. The highest BCUT2D eigenvalue weighted by atomic mass is 35.5. The molecule has 0 saturated heterocycles. The zero-order chi connectivity index (χ0) is 19.4. The van der Waals surface area contributed by atoms with Crippen molar-refractivity contribution in [1.29, 1.82) is 0 Å². The van der Waals surface area contributed by atoms with Crippen molar-refractivity contribution < 1.29 is 9.72 Å². The van der Waals surface area contributed by atoms with Crippen molar-refractivity contribution in [2.45, 2.75) is 26.8 Å². The van der Waals surface area contributed by atoms with Gasteiger partial charge in [0.05, 0.1) is 4.92 Å². The van der Waals surface area contributed by atoms with Gasteiger partial charge in [0.15, 0.2) is 5.11 Å². The topological polar surface area (TPSA) is 114 Å². The minimum Gasteiger partial charge on any atom is -0.331 e. The van der Waals surface area contributed by atoms with Crippen LogP contribution in [0, 0.1) is 24.0 Å². The fourth-order valence-corrected chi connectivity index (χ4v) is 2.62. The van der Waals surface area contributed by atoms with Gasteiger partial charge in [0.2, 0.25) is 0 Å². The van der Waals surface area contributed by atoms with Gasteiger partial charge in [0.25, 0.3) is 5.91 Å². The summed E-state index contributed by atoms with van der Waals surface area (Å²) in [7, 11) is 0. The first-order valence-electron chi connectivity index (χ1n) is 7.53. The molecule has 11 heteroatoms. The van der Waals surface area contributed by atoms with Crippen LogP contribution in [0.15, 0.2) is 24.3 Å². The number of carbonyl (C=O) groups is 1. The molecular formula is C15H17ClN6O3S. The third-order valence-corrected chi connectivity index (χ3v) is 4.07. The van der Waals surface area contributed by atoms with Crippen LogP contribution in [0.25, 0.3) is 0 Å². The predicted octanol–water partition coefficient (Wildman–Crippen LogP) is 2.64. The molecule has 0 radical (unpaired) electrons. The first-order valence-corrected chi connectivity index (χ1v) is 8.32. The van der Waals surface area contributed by atoms with E-state index in [0.29, 0.717) is 16.4 Å². The Morgan fingerprint density at radius 3 is 2.46 bits per heavy atom. The van der Waals surface area contributed by atoms with Crippen molar-refractivity contribution in [2.24, 2.45) is 0 Å². The molecule has 26 heavy (non-hydrogen) atoms. The van der Waals surface area contributed by atoms with Crippen LogP contribution >= 0.6 is 23.8 Å². The van der Waals surface area contributed by atoms with Gasteiger partial charge in [-0.1, -0.05) is 11.6 Å². The normalized spacial score (nSPS) is 11.5. The lowest BCUT2D eigenvalue weighted by Crippen LogP contribution is -2.46. The lowest BCUT2D eigenvalue weighted by atomic mass is 10.3. The molecule has 0 bridgehead atoms. The average Bonchev–Trinajstić information content (AvgIpc) is 2.88. The monoisotopic (exact) mass is 396 g/mol. The van der Waals surface area contributed by atoms with Crippen LogP contribution in [0.1, 0.15) is 24.4 Å². The second kappa shape index (κ2) is 8.11. The molecule has 1 atom stereocenters. The standard InChI is InChI=1S/C15H17ClN6O3S/c1-8-13(22(24)25)9(2)21(20-8)10(3)14(23)18-19-15(26)17-12-6-4-11(16)5-7-12/h4-7,10H,1-3H3,(H,18,23)(H2,17,19,26)/t10-/m0/s1. The Bertz CT molecular complexity index is 852. The lowest BCUT2D eigenvalue weighted by Gasteiger charge is -2.16. The molecule has 0 aliphatic carbocycles. The first-order chi connectivity index (χ1) is 12.2. The summed E-state index contributed by atoms with van der Waals surface area (Å²) in [5.41, 5.74) is 6.17. The molecule has 2 aromatic rings. The van der Waals surface area contributed by atoms with Crippen molar-refractivity contribution in [3.05, 3.63) is 50.8 Å². The van der Waals surface area contributed by atoms with Gasteiger partial charge in [0, 0.05) is 10.7 Å². The van der Waals surface area contributed by atoms with E-state index in [0.717, 1.165) is 0 Å². The summed E-state index contributed by atoms with van der Waals surface area (Å²) in [6, 6.07) is 6.09. The van der Waals surface area contributed by atoms with Gasteiger partial charge in [-0.3, -0.25) is 30.4 Å². The summed E-state index contributed by atoms with van der Waals surface area (Å²) in [6.07, 6.45) is 0. The number of nitrogens with one attached hydrogen (secondary N) is 3. The summed E-state index contributed by atoms with van der Waals surface area (Å²) in [6.45, 7) is 4.65. The van der Waals surface area contributed by atoms with Crippen molar-refractivity contribution >= 4 is 46.2 Å². The highest BCUT2D eigenvalue weighted by Gasteiger charge is 2.27. The Labute approximate surface area is 159 Å². The fourth-order valence-electron chi connectivity index (χ4n) is 2.33. The molecule has 1 amide bonds. The fraction of sp³-hybridized carbons (Fsp3) is 0.267. The number of rotatable bonds is 4. The van der Waals surface area contributed by atoms with E-state index in [-0.39, 0.29) is 16.5 Å². The Kier molecular flexibility index (Phi) is 6.11. The van der Waals surface area contributed by atoms with Gasteiger partial charge < -0.3 is 5.32 Å². The molecule has 0 aliphatic heterocycles.